The van der Waals surface area contributed by atoms with Gasteiger partial charge in [0.1, 0.15) is 6.07 Å². The fraction of sp³-hybridized carbons (Fsp3) is 0.111. The first kappa shape index (κ1) is 22.8. The molecule has 0 fully saturated rings. The Bertz CT molecular complexity index is 1030. The fourth-order valence-corrected chi connectivity index (χ4v) is 2.75. The lowest BCUT2D eigenvalue weighted by molar-refractivity contribution is -0.134. The number of carbonyl (C=O) groups is 2. The van der Waals surface area contributed by atoms with Gasteiger partial charge < -0.3 is 10.1 Å². The number of nitriles is 1. The van der Waals surface area contributed by atoms with Gasteiger partial charge in [-0.25, -0.2) is 4.79 Å². The van der Waals surface area contributed by atoms with Crippen LogP contribution in [0.4, 0.5) is 11.4 Å². The van der Waals surface area contributed by atoms with Gasteiger partial charge in [0, 0.05) is 5.56 Å². The van der Waals surface area contributed by atoms with Gasteiger partial charge in [0.25, 0.3) is 5.91 Å². The second-order valence-corrected chi connectivity index (χ2v) is 6.93. The van der Waals surface area contributed by atoms with Gasteiger partial charge >= 0.3 is 5.97 Å². The van der Waals surface area contributed by atoms with E-state index < -0.39 is 17.6 Å². The number of halogens is 4. The number of nitrogens with zero attached hydrogens (tertiary/aromatic N) is 2. The van der Waals surface area contributed by atoms with E-state index in [1.807, 2.05) is 0 Å². The third-order valence-electron chi connectivity index (χ3n) is 3.35. The van der Waals surface area contributed by atoms with Crippen LogP contribution in [0.1, 0.15) is 17.3 Å². The Labute approximate surface area is 186 Å². The number of hydrogen-bond acceptors (Lipinski definition) is 6. The first-order valence-electron chi connectivity index (χ1n) is 7.93. The molecule has 11 heteroatoms. The number of ether oxygens (including phenoxy) is 1. The summed E-state index contributed by atoms with van der Waals surface area (Å²) in [5.74, 6) is -1.40. The highest BCUT2D eigenvalue weighted by Crippen LogP contribution is 2.32. The number of rotatable bonds is 6. The molecule has 0 unspecified atom stereocenters. The molecule has 150 valence electrons. The van der Waals surface area contributed by atoms with Gasteiger partial charge in [-0.1, -0.05) is 46.4 Å². The average molecular weight is 474 g/mol. The molecule has 1 amide bonds. The zero-order chi connectivity index (χ0) is 21.6. The highest BCUT2D eigenvalue weighted by Gasteiger charge is 2.15. The molecular formula is C18H12Cl4N4O3. The van der Waals surface area contributed by atoms with E-state index in [1.165, 1.54) is 30.3 Å². The van der Waals surface area contributed by atoms with Crippen molar-refractivity contribution in [1.29, 1.82) is 5.26 Å². The molecule has 0 aliphatic heterocycles. The van der Waals surface area contributed by atoms with Crippen LogP contribution in [0.3, 0.4) is 0 Å². The van der Waals surface area contributed by atoms with Crippen molar-refractivity contribution in [2.24, 2.45) is 5.10 Å². The summed E-state index contributed by atoms with van der Waals surface area (Å²) in [6, 6.07) is 8.73. The predicted octanol–water partition coefficient (Wildman–Crippen LogP) is 5.41. The minimum atomic E-state index is -0.887. The lowest BCUT2D eigenvalue weighted by Crippen LogP contribution is -2.17. The topological polar surface area (TPSA) is 104 Å². The summed E-state index contributed by atoms with van der Waals surface area (Å²) >= 11 is 24.0. The quantitative estimate of drug-likeness (QED) is 0.252. The van der Waals surface area contributed by atoms with Crippen LogP contribution in [0.5, 0.6) is 0 Å². The molecule has 0 radical (unpaired) electrons. The third-order valence-corrected chi connectivity index (χ3v) is 4.71. The van der Waals surface area contributed by atoms with Gasteiger partial charge in [-0.2, -0.15) is 10.4 Å². The minimum absolute atomic E-state index is 0.0905. The Morgan fingerprint density at radius 2 is 1.72 bits per heavy atom. The maximum atomic E-state index is 12.5. The van der Waals surface area contributed by atoms with Gasteiger partial charge in [0.05, 0.1) is 38.1 Å². The van der Waals surface area contributed by atoms with Crippen molar-refractivity contribution in [2.75, 3.05) is 17.3 Å². The summed E-state index contributed by atoms with van der Waals surface area (Å²) in [6.07, 6.45) is 0. The van der Waals surface area contributed by atoms with E-state index in [9.17, 15) is 9.59 Å². The van der Waals surface area contributed by atoms with Crippen molar-refractivity contribution in [3.8, 4) is 6.07 Å². The number of hydrogen-bond donors (Lipinski definition) is 2. The van der Waals surface area contributed by atoms with Crippen molar-refractivity contribution in [3.63, 3.8) is 0 Å². The third kappa shape index (κ3) is 5.99. The number of carbonyl (C=O) groups excluding carboxylic acids is 2. The molecule has 0 aliphatic carbocycles. The standard InChI is InChI=1S/C18H12Cl4N4O3/c1-2-29-18(28)16(8-23)26-25-15-5-9(3-4-10(15)19)17(27)24-14-7-12(21)11(20)6-13(14)22/h3-7,25H,2H2,1H3,(H,24,27)/b26-16+. The maximum absolute atomic E-state index is 12.5. The van der Waals surface area contributed by atoms with Crippen LogP contribution in [-0.4, -0.2) is 24.2 Å². The molecule has 2 aromatic rings. The van der Waals surface area contributed by atoms with Crippen LogP contribution in [0.15, 0.2) is 35.4 Å². The van der Waals surface area contributed by atoms with E-state index in [1.54, 1.807) is 13.0 Å². The highest BCUT2D eigenvalue weighted by molar-refractivity contribution is 6.44. The zero-order valence-corrected chi connectivity index (χ0v) is 17.7. The van der Waals surface area contributed by atoms with E-state index in [0.29, 0.717) is 0 Å². The van der Waals surface area contributed by atoms with E-state index in [0.717, 1.165) is 0 Å². The molecular weight excluding hydrogens is 462 g/mol. The molecule has 7 nitrogen and oxygen atoms in total. The van der Waals surface area contributed by atoms with Gasteiger partial charge in [-0.3, -0.25) is 10.2 Å². The Morgan fingerprint density at radius 3 is 2.38 bits per heavy atom. The number of nitrogens with one attached hydrogen (secondary N) is 2. The highest BCUT2D eigenvalue weighted by atomic mass is 35.5. The lowest BCUT2D eigenvalue weighted by Gasteiger charge is -2.10. The van der Waals surface area contributed by atoms with Gasteiger partial charge in [0.15, 0.2) is 0 Å². The largest absolute Gasteiger partial charge is 0.461 e. The summed E-state index contributed by atoms with van der Waals surface area (Å²) in [7, 11) is 0. The van der Waals surface area contributed by atoms with Crippen LogP contribution in [-0.2, 0) is 9.53 Å². The molecule has 0 heterocycles. The number of esters is 1. The molecule has 0 saturated carbocycles. The van der Waals surface area contributed by atoms with Crippen LogP contribution >= 0.6 is 46.4 Å². The van der Waals surface area contributed by atoms with E-state index in [2.05, 4.69) is 15.8 Å². The average Bonchev–Trinajstić information content (AvgIpc) is 2.68. The first-order valence-corrected chi connectivity index (χ1v) is 9.44. The molecule has 2 N–H and O–H groups in total. The smallest absolute Gasteiger partial charge is 0.369 e. The van der Waals surface area contributed by atoms with Crippen molar-refractivity contribution >= 4 is 75.4 Å². The van der Waals surface area contributed by atoms with Crippen molar-refractivity contribution in [1.82, 2.24) is 0 Å². The first-order chi connectivity index (χ1) is 13.8. The summed E-state index contributed by atoms with van der Waals surface area (Å²) in [4.78, 5) is 24.1. The SMILES string of the molecule is CCOC(=O)/C(C#N)=N/Nc1cc(C(=O)Nc2cc(Cl)c(Cl)cc2Cl)ccc1Cl. The molecule has 29 heavy (non-hydrogen) atoms. The summed E-state index contributed by atoms with van der Waals surface area (Å²) in [5.41, 5.74) is 2.63. The Balaban J connectivity index is 2.24. The minimum Gasteiger partial charge on any atom is -0.461 e. The number of amides is 1. The summed E-state index contributed by atoms with van der Waals surface area (Å²) < 4.78 is 4.71. The van der Waals surface area contributed by atoms with Crippen LogP contribution in [0.2, 0.25) is 20.1 Å². The van der Waals surface area contributed by atoms with Crippen LogP contribution in [0, 0.1) is 11.3 Å². The lowest BCUT2D eigenvalue weighted by atomic mass is 10.2. The summed E-state index contributed by atoms with van der Waals surface area (Å²) in [6.45, 7) is 1.69. The Morgan fingerprint density at radius 1 is 1.03 bits per heavy atom. The van der Waals surface area contributed by atoms with Crippen molar-refractivity contribution < 1.29 is 14.3 Å². The second kappa shape index (κ2) is 10.3. The second-order valence-electron chi connectivity index (χ2n) is 5.30. The normalized spacial score (nSPS) is 10.8. The van der Waals surface area contributed by atoms with Gasteiger partial charge in [-0.05, 0) is 37.3 Å². The Hall–Kier alpha value is -2.50. The number of benzene rings is 2. The Kier molecular flexibility index (Phi) is 8.11. The maximum Gasteiger partial charge on any atom is 0.369 e. The van der Waals surface area contributed by atoms with Crippen LogP contribution < -0.4 is 10.7 Å². The van der Waals surface area contributed by atoms with Gasteiger partial charge in [-0.15, -0.1) is 0 Å². The zero-order valence-electron chi connectivity index (χ0n) is 14.7. The molecule has 2 rings (SSSR count). The van der Waals surface area contributed by atoms with Crippen molar-refractivity contribution in [2.45, 2.75) is 6.92 Å². The number of hydrazone groups is 1. The molecule has 2 aromatic carbocycles. The molecule has 0 spiro atoms. The molecule has 0 bridgehead atoms. The van der Waals surface area contributed by atoms with E-state index in [-0.39, 0.29) is 43.6 Å². The molecule has 0 aliphatic rings. The predicted molar refractivity (Wildman–Crippen MR) is 114 cm³/mol. The van der Waals surface area contributed by atoms with E-state index >= 15 is 0 Å². The monoisotopic (exact) mass is 472 g/mol. The van der Waals surface area contributed by atoms with E-state index in [4.69, 9.17) is 56.4 Å². The van der Waals surface area contributed by atoms with Crippen molar-refractivity contribution in [3.05, 3.63) is 56.0 Å². The molecule has 0 saturated heterocycles. The fourth-order valence-electron chi connectivity index (χ4n) is 2.00. The molecule has 0 atom stereocenters. The summed E-state index contributed by atoms with van der Waals surface area (Å²) in [5, 5.41) is 16.2. The number of anilines is 2. The van der Waals surface area contributed by atoms with Gasteiger partial charge in [0.2, 0.25) is 5.71 Å². The van der Waals surface area contributed by atoms with Crippen LogP contribution in [0.25, 0.3) is 0 Å². The molecule has 0 aromatic heterocycles.